The van der Waals surface area contributed by atoms with Gasteiger partial charge in [-0.05, 0) is 77.6 Å². The first-order valence-electron chi connectivity index (χ1n) is 14.0. The van der Waals surface area contributed by atoms with Crippen molar-refractivity contribution < 1.29 is 17.9 Å². The lowest BCUT2D eigenvalue weighted by molar-refractivity contribution is 0.0919. The molecule has 2 aromatic rings. The van der Waals surface area contributed by atoms with Gasteiger partial charge in [-0.15, -0.1) is 0 Å². The number of hydrogen-bond donors (Lipinski definition) is 3. The van der Waals surface area contributed by atoms with Gasteiger partial charge in [0.05, 0.1) is 11.0 Å². The maximum Gasteiger partial charge on any atom is 0.257 e. The third-order valence-corrected chi connectivity index (χ3v) is 8.52. The van der Waals surface area contributed by atoms with Gasteiger partial charge in [0.15, 0.2) is 0 Å². The number of aromatic nitrogens is 2. The van der Waals surface area contributed by atoms with E-state index in [0.717, 1.165) is 32.2 Å². The zero-order valence-electron chi connectivity index (χ0n) is 23.5. The molecule has 1 unspecified atom stereocenters. The molecule has 1 saturated heterocycles. The summed E-state index contributed by atoms with van der Waals surface area (Å²) in [4.78, 5) is 24.9. The van der Waals surface area contributed by atoms with Gasteiger partial charge in [0.25, 0.3) is 5.91 Å². The summed E-state index contributed by atoms with van der Waals surface area (Å²) in [7, 11) is -3.64. The molecule has 1 atom stereocenters. The van der Waals surface area contributed by atoms with Crippen molar-refractivity contribution in [1.29, 1.82) is 0 Å². The molecular weight excluding hydrogens is 516 g/mol. The number of anilines is 3. The molecule has 1 aliphatic heterocycles. The van der Waals surface area contributed by atoms with Crippen LogP contribution in [-0.4, -0.2) is 61.7 Å². The third-order valence-electron chi connectivity index (χ3n) is 7.08. The summed E-state index contributed by atoms with van der Waals surface area (Å²) in [5.74, 6) is 0.753. The number of hydrogen-bond acceptors (Lipinski definition) is 8. The molecule has 1 aromatic heterocycles. The van der Waals surface area contributed by atoms with Crippen molar-refractivity contribution in [2.24, 2.45) is 0 Å². The number of nitrogens with one attached hydrogen (secondary N) is 3. The Bertz CT molecular complexity index is 1220. The SMILES string of the molecule is CCN(c1nc(Nc2ccc(S(=O)(=O)NCC3CCCO3)cc2)ncc1C(=O)NC(C)(C)C)C1CCCCC1. The molecule has 0 radical (unpaired) electrons. The summed E-state index contributed by atoms with van der Waals surface area (Å²) in [5, 5.41) is 6.22. The molecule has 4 rings (SSSR count). The summed E-state index contributed by atoms with van der Waals surface area (Å²) in [5.41, 5.74) is 0.696. The fraction of sp³-hybridized carbons (Fsp3) is 0.607. The number of sulfonamides is 1. The minimum absolute atomic E-state index is 0.0724. The quantitative estimate of drug-likeness (QED) is 0.393. The molecule has 0 spiro atoms. The monoisotopic (exact) mass is 558 g/mol. The Kier molecular flexibility index (Phi) is 9.45. The molecule has 2 aliphatic rings. The highest BCUT2D eigenvalue weighted by Crippen LogP contribution is 2.30. The first-order chi connectivity index (χ1) is 18.6. The summed E-state index contributed by atoms with van der Waals surface area (Å²) >= 11 is 0. The van der Waals surface area contributed by atoms with Crippen LogP contribution in [-0.2, 0) is 14.8 Å². The van der Waals surface area contributed by atoms with Crippen molar-refractivity contribution in [2.45, 2.75) is 95.2 Å². The van der Waals surface area contributed by atoms with Crippen LogP contribution in [0.5, 0.6) is 0 Å². The number of rotatable bonds is 10. The average Bonchev–Trinajstić information content (AvgIpc) is 3.42. The predicted molar refractivity (Wildman–Crippen MR) is 153 cm³/mol. The molecule has 0 bridgehead atoms. The van der Waals surface area contributed by atoms with Gasteiger partial charge in [-0.25, -0.2) is 18.1 Å². The van der Waals surface area contributed by atoms with Crippen LogP contribution in [0.15, 0.2) is 35.4 Å². The second-order valence-corrected chi connectivity index (χ2v) is 13.1. The Morgan fingerprint density at radius 2 is 1.79 bits per heavy atom. The van der Waals surface area contributed by atoms with E-state index in [0.29, 0.717) is 35.7 Å². The lowest BCUT2D eigenvalue weighted by atomic mass is 9.94. The van der Waals surface area contributed by atoms with E-state index in [1.165, 1.54) is 19.3 Å². The van der Waals surface area contributed by atoms with Crippen molar-refractivity contribution in [3.8, 4) is 0 Å². The van der Waals surface area contributed by atoms with Gasteiger partial charge in [0.2, 0.25) is 16.0 Å². The molecule has 214 valence electrons. The summed E-state index contributed by atoms with van der Waals surface area (Å²) in [6.45, 7) is 9.59. The van der Waals surface area contributed by atoms with Crippen LogP contribution < -0.4 is 20.3 Å². The van der Waals surface area contributed by atoms with E-state index in [1.807, 2.05) is 20.8 Å². The van der Waals surface area contributed by atoms with Gasteiger partial charge >= 0.3 is 0 Å². The lowest BCUT2D eigenvalue weighted by Crippen LogP contribution is -2.43. The first kappa shape index (κ1) is 29.2. The van der Waals surface area contributed by atoms with Crippen LogP contribution >= 0.6 is 0 Å². The van der Waals surface area contributed by atoms with Gasteiger partial charge in [-0.3, -0.25) is 4.79 Å². The minimum Gasteiger partial charge on any atom is -0.377 e. The van der Waals surface area contributed by atoms with Crippen LogP contribution in [0.3, 0.4) is 0 Å². The van der Waals surface area contributed by atoms with Crippen molar-refractivity contribution in [1.82, 2.24) is 20.0 Å². The molecule has 3 N–H and O–H groups in total. The normalized spacial score (nSPS) is 18.6. The first-order valence-corrected chi connectivity index (χ1v) is 15.5. The van der Waals surface area contributed by atoms with Gasteiger partial charge in [-0.1, -0.05) is 19.3 Å². The van der Waals surface area contributed by atoms with E-state index in [4.69, 9.17) is 9.72 Å². The summed E-state index contributed by atoms with van der Waals surface area (Å²) < 4.78 is 33.6. The number of amides is 1. The highest BCUT2D eigenvalue weighted by Gasteiger charge is 2.28. The molecule has 1 saturated carbocycles. The molecule has 2 heterocycles. The Hall–Kier alpha value is -2.76. The van der Waals surface area contributed by atoms with Gasteiger partial charge in [0, 0.05) is 43.2 Å². The average molecular weight is 559 g/mol. The van der Waals surface area contributed by atoms with Crippen LogP contribution in [0, 0.1) is 0 Å². The predicted octanol–water partition coefficient (Wildman–Crippen LogP) is 4.36. The zero-order chi connectivity index (χ0) is 28.0. The zero-order valence-corrected chi connectivity index (χ0v) is 24.3. The largest absolute Gasteiger partial charge is 0.377 e. The number of carbonyl (C=O) groups excluding carboxylic acids is 1. The van der Waals surface area contributed by atoms with Gasteiger partial charge in [-0.2, -0.15) is 4.98 Å². The van der Waals surface area contributed by atoms with Crippen molar-refractivity contribution in [3.63, 3.8) is 0 Å². The minimum atomic E-state index is -3.64. The Morgan fingerprint density at radius 3 is 2.41 bits per heavy atom. The smallest absolute Gasteiger partial charge is 0.257 e. The van der Waals surface area contributed by atoms with Crippen LogP contribution in [0.2, 0.25) is 0 Å². The van der Waals surface area contributed by atoms with E-state index in [1.54, 1.807) is 30.5 Å². The summed E-state index contributed by atoms with van der Waals surface area (Å²) in [6, 6.07) is 6.78. The van der Waals surface area contributed by atoms with Crippen LogP contribution in [0.4, 0.5) is 17.5 Å². The fourth-order valence-electron chi connectivity index (χ4n) is 5.13. The van der Waals surface area contributed by atoms with E-state index in [2.05, 4.69) is 32.2 Å². The summed E-state index contributed by atoms with van der Waals surface area (Å²) in [6.07, 6.45) is 9.02. The van der Waals surface area contributed by atoms with Crippen LogP contribution in [0.25, 0.3) is 0 Å². The molecule has 11 heteroatoms. The highest BCUT2D eigenvalue weighted by molar-refractivity contribution is 7.89. The standard InChI is InChI=1S/C28H42N6O4S/c1-5-34(21-10-7-6-8-11-21)25-24(26(35)33-28(2,3)4)19-29-27(32-25)31-20-13-15-23(16-14-20)39(36,37)30-18-22-12-9-17-38-22/h13-16,19,21-22,30H,5-12,17-18H2,1-4H3,(H,33,35)(H,29,31,32). The van der Waals surface area contributed by atoms with E-state index in [-0.39, 0.29) is 23.5 Å². The van der Waals surface area contributed by atoms with Gasteiger partial charge in [0.1, 0.15) is 11.4 Å². The maximum absolute atomic E-state index is 13.2. The third kappa shape index (κ3) is 7.89. The number of nitrogens with zero attached hydrogens (tertiary/aromatic N) is 3. The second kappa shape index (κ2) is 12.6. The molecule has 2 fully saturated rings. The number of ether oxygens (including phenoxy) is 1. The van der Waals surface area contributed by atoms with E-state index >= 15 is 0 Å². The Balaban J connectivity index is 1.54. The highest BCUT2D eigenvalue weighted by atomic mass is 32.2. The Labute approximate surface area is 232 Å². The van der Waals surface area contributed by atoms with Crippen LogP contribution in [0.1, 0.15) is 83.0 Å². The van der Waals surface area contributed by atoms with Crippen molar-refractivity contribution >= 4 is 33.4 Å². The Morgan fingerprint density at radius 1 is 1.08 bits per heavy atom. The molecule has 1 aliphatic carbocycles. The van der Waals surface area contributed by atoms with Crippen molar-refractivity contribution in [3.05, 3.63) is 36.0 Å². The lowest BCUT2D eigenvalue weighted by Gasteiger charge is -2.35. The fourth-order valence-corrected chi connectivity index (χ4v) is 6.20. The molecule has 1 amide bonds. The van der Waals surface area contributed by atoms with Crippen molar-refractivity contribution in [2.75, 3.05) is 29.9 Å². The van der Waals surface area contributed by atoms with E-state index in [9.17, 15) is 13.2 Å². The molecular formula is C28H42N6O4S. The topological polar surface area (TPSA) is 126 Å². The second-order valence-electron chi connectivity index (χ2n) is 11.3. The number of benzene rings is 1. The molecule has 10 nitrogen and oxygen atoms in total. The number of carbonyl (C=O) groups is 1. The van der Waals surface area contributed by atoms with Gasteiger partial charge < -0.3 is 20.3 Å². The molecule has 39 heavy (non-hydrogen) atoms. The van der Waals surface area contributed by atoms with E-state index < -0.39 is 15.6 Å². The maximum atomic E-state index is 13.2. The molecule has 1 aromatic carbocycles.